The van der Waals surface area contributed by atoms with Crippen molar-refractivity contribution in [3.05, 3.63) is 102 Å². The molecule has 0 bridgehead atoms. The predicted octanol–water partition coefficient (Wildman–Crippen LogP) is 6.12. The highest BCUT2D eigenvalue weighted by Gasteiger charge is 2.12. The van der Waals surface area contributed by atoms with Crippen LogP contribution in [0.3, 0.4) is 0 Å². The Morgan fingerprint density at radius 2 is 1.65 bits per heavy atom. The fourth-order valence-electron chi connectivity index (χ4n) is 3.72. The van der Waals surface area contributed by atoms with Gasteiger partial charge < -0.3 is 14.0 Å². The average molecular weight is 413 g/mol. The molecule has 0 aliphatic heterocycles. The van der Waals surface area contributed by atoms with E-state index in [9.17, 15) is 0 Å². The smallest absolute Gasteiger partial charge is 0.148 e. The normalized spacial score (nSPS) is 10.9. The summed E-state index contributed by atoms with van der Waals surface area (Å²) in [6, 6.07) is 24.4. The van der Waals surface area contributed by atoms with Gasteiger partial charge in [-0.05, 0) is 55.2 Å². The molecule has 4 nitrogen and oxygen atoms in total. The van der Waals surface area contributed by atoms with Gasteiger partial charge in [-0.2, -0.15) is 0 Å². The summed E-state index contributed by atoms with van der Waals surface area (Å²) in [6.45, 7) is 7.78. The van der Waals surface area contributed by atoms with Gasteiger partial charge in [-0.25, -0.2) is 4.98 Å². The standard InChI is InChI=1S/C27H28N2O2/c1-3-11-22-13-5-9-17-26(22)30-19-10-18-29-24-15-7-6-14-23(24)28-27(29)20-31-25-16-8-4-12-21(25)2/h3-9,12-17H,1,10-11,18-20H2,2H3. The molecular weight excluding hydrogens is 384 g/mol. The van der Waals surface area contributed by atoms with Crippen LogP contribution in [0.25, 0.3) is 11.0 Å². The van der Waals surface area contributed by atoms with E-state index in [1.165, 1.54) is 0 Å². The minimum atomic E-state index is 0.433. The Labute approximate surface area is 183 Å². The lowest BCUT2D eigenvalue weighted by molar-refractivity contribution is 0.278. The Morgan fingerprint density at radius 3 is 2.48 bits per heavy atom. The van der Waals surface area contributed by atoms with E-state index in [-0.39, 0.29) is 0 Å². The second-order valence-corrected chi connectivity index (χ2v) is 7.53. The molecule has 0 radical (unpaired) electrons. The molecule has 158 valence electrons. The van der Waals surface area contributed by atoms with Gasteiger partial charge in [0.15, 0.2) is 0 Å². The Hall–Kier alpha value is -3.53. The summed E-state index contributed by atoms with van der Waals surface area (Å²) in [7, 11) is 0. The van der Waals surface area contributed by atoms with Crippen molar-refractivity contribution in [2.24, 2.45) is 0 Å². The van der Waals surface area contributed by atoms with Crippen molar-refractivity contribution in [2.75, 3.05) is 6.61 Å². The van der Waals surface area contributed by atoms with E-state index in [0.29, 0.717) is 13.2 Å². The third-order valence-corrected chi connectivity index (χ3v) is 5.30. The van der Waals surface area contributed by atoms with Gasteiger partial charge in [0.05, 0.1) is 17.6 Å². The van der Waals surface area contributed by atoms with Gasteiger partial charge in [0, 0.05) is 6.54 Å². The maximum atomic E-state index is 6.09. The number of ether oxygens (including phenoxy) is 2. The number of aromatic nitrogens is 2. The van der Waals surface area contributed by atoms with E-state index < -0.39 is 0 Å². The quantitative estimate of drug-likeness (QED) is 0.232. The van der Waals surface area contributed by atoms with Gasteiger partial charge in [0.1, 0.15) is 23.9 Å². The summed E-state index contributed by atoms with van der Waals surface area (Å²) in [4.78, 5) is 4.82. The van der Waals surface area contributed by atoms with Gasteiger partial charge in [-0.3, -0.25) is 0 Å². The molecule has 0 atom stereocenters. The summed E-state index contributed by atoms with van der Waals surface area (Å²) in [5.41, 5.74) is 4.40. The number of hydrogen-bond acceptors (Lipinski definition) is 3. The molecule has 4 rings (SSSR count). The molecular formula is C27H28N2O2. The SMILES string of the molecule is C=CCc1ccccc1OCCCn1c(COc2ccccc2C)nc2ccccc21. The molecule has 1 heterocycles. The topological polar surface area (TPSA) is 36.3 Å². The summed E-state index contributed by atoms with van der Waals surface area (Å²) in [6.07, 6.45) is 3.59. The van der Waals surface area contributed by atoms with Crippen LogP contribution in [0.1, 0.15) is 23.4 Å². The zero-order valence-electron chi connectivity index (χ0n) is 18.0. The Kier molecular flexibility index (Phi) is 6.68. The fourth-order valence-corrected chi connectivity index (χ4v) is 3.72. The summed E-state index contributed by atoms with van der Waals surface area (Å²) in [5, 5.41) is 0. The van der Waals surface area contributed by atoms with E-state index in [2.05, 4.69) is 42.3 Å². The van der Waals surface area contributed by atoms with E-state index in [1.807, 2.05) is 54.6 Å². The minimum Gasteiger partial charge on any atom is -0.493 e. The van der Waals surface area contributed by atoms with E-state index in [4.69, 9.17) is 14.5 Å². The third kappa shape index (κ3) is 4.97. The fraction of sp³-hybridized carbons (Fsp3) is 0.222. The molecule has 1 aromatic heterocycles. The van der Waals surface area contributed by atoms with E-state index in [1.54, 1.807) is 0 Å². The van der Waals surface area contributed by atoms with Crippen molar-refractivity contribution in [1.29, 1.82) is 0 Å². The number of nitrogens with zero attached hydrogens (tertiary/aromatic N) is 2. The molecule has 0 saturated carbocycles. The zero-order valence-corrected chi connectivity index (χ0v) is 18.0. The predicted molar refractivity (Wildman–Crippen MR) is 126 cm³/mol. The van der Waals surface area contributed by atoms with Crippen LogP contribution < -0.4 is 9.47 Å². The number of fused-ring (bicyclic) bond motifs is 1. The van der Waals surface area contributed by atoms with Gasteiger partial charge >= 0.3 is 0 Å². The number of imidazole rings is 1. The third-order valence-electron chi connectivity index (χ3n) is 5.30. The van der Waals surface area contributed by atoms with Crippen molar-refractivity contribution in [3.8, 4) is 11.5 Å². The highest BCUT2D eigenvalue weighted by atomic mass is 16.5. The molecule has 0 amide bonds. The van der Waals surface area contributed by atoms with E-state index in [0.717, 1.165) is 58.9 Å². The van der Waals surface area contributed by atoms with E-state index >= 15 is 0 Å². The number of para-hydroxylation sites is 4. The molecule has 0 aliphatic carbocycles. The first kappa shape index (κ1) is 20.7. The molecule has 0 unspecified atom stereocenters. The lowest BCUT2D eigenvalue weighted by atomic mass is 10.1. The number of rotatable bonds is 10. The highest BCUT2D eigenvalue weighted by Crippen LogP contribution is 2.22. The summed E-state index contributed by atoms with van der Waals surface area (Å²) >= 11 is 0. The molecule has 0 fully saturated rings. The Morgan fingerprint density at radius 1 is 0.903 bits per heavy atom. The monoisotopic (exact) mass is 412 g/mol. The number of hydrogen-bond donors (Lipinski definition) is 0. The molecule has 4 aromatic rings. The number of benzene rings is 3. The Balaban J connectivity index is 1.45. The van der Waals surface area contributed by atoms with Crippen molar-refractivity contribution in [1.82, 2.24) is 9.55 Å². The molecule has 3 aromatic carbocycles. The number of aryl methyl sites for hydroxylation is 2. The van der Waals surface area contributed by atoms with Gasteiger partial charge in [0.25, 0.3) is 0 Å². The second-order valence-electron chi connectivity index (χ2n) is 7.53. The van der Waals surface area contributed by atoms with Crippen molar-refractivity contribution < 1.29 is 9.47 Å². The number of allylic oxidation sites excluding steroid dienone is 1. The molecule has 0 N–H and O–H groups in total. The largest absolute Gasteiger partial charge is 0.493 e. The van der Waals surface area contributed by atoms with Crippen LogP contribution >= 0.6 is 0 Å². The second kappa shape index (κ2) is 9.98. The van der Waals surface area contributed by atoms with Crippen LogP contribution in [0, 0.1) is 6.92 Å². The van der Waals surface area contributed by atoms with Crippen molar-refractivity contribution >= 4 is 11.0 Å². The van der Waals surface area contributed by atoms with Crippen molar-refractivity contribution in [2.45, 2.75) is 32.9 Å². The maximum Gasteiger partial charge on any atom is 0.148 e. The summed E-state index contributed by atoms with van der Waals surface area (Å²) < 4.78 is 14.4. The molecule has 0 saturated heterocycles. The first-order valence-electron chi connectivity index (χ1n) is 10.7. The van der Waals surface area contributed by atoms with Crippen LogP contribution in [0.2, 0.25) is 0 Å². The molecule has 0 aliphatic rings. The van der Waals surface area contributed by atoms with Crippen molar-refractivity contribution in [3.63, 3.8) is 0 Å². The summed E-state index contributed by atoms with van der Waals surface area (Å²) in [5.74, 6) is 2.75. The van der Waals surface area contributed by atoms with Crippen LogP contribution in [0.4, 0.5) is 0 Å². The highest BCUT2D eigenvalue weighted by molar-refractivity contribution is 5.75. The van der Waals surface area contributed by atoms with Crippen LogP contribution in [0.15, 0.2) is 85.5 Å². The van der Waals surface area contributed by atoms with Gasteiger partial charge in [0.2, 0.25) is 0 Å². The molecule has 4 heteroatoms. The first-order valence-corrected chi connectivity index (χ1v) is 10.7. The van der Waals surface area contributed by atoms with Gasteiger partial charge in [-0.15, -0.1) is 6.58 Å². The molecule has 31 heavy (non-hydrogen) atoms. The Bertz CT molecular complexity index is 1160. The van der Waals surface area contributed by atoms with Crippen LogP contribution in [0.5, 0.6) is 11.5 Å². The zero-order chi connectivity index (χ0) is 21.5. The first-order chi connectivity index (χ1) is 15.3. The lowest BCUT2D eigenvalue weighted by Crippen LogP contribution is -2.10. The van der Waals surface area contributed by atoms with Crippen LogP contribution in [-0.2, 0) is 19.6 Å². The lowest BCUT2D eigenvalue weighted by Gasteiger charge is -2.13. The minimum absolute atomic E-state index is 0.433. The molecule has 0 spiro atoms. The average Bonchev–Trinajstić information content (AvgIpc) is 3.15. The maximum absolute atomic E-state index is 6.09. The van der Waals surface area contributed by atoms with Crippen LogP contribution in [-0.4, -0.2) is 16.2 Å². The van der Waals surface area contributed by atoms with Gasteiger partial charge in [-0.1, -0.05) is 54.6 Å².